The summed E-state index contributed by atoms with van der Waals surface area (Å²) >= 11 is 0. The van der Waals surface area contributed by atoms with Gasteiger partial charge in [0.25, 0.3) is 0 Å². The summed E-state index contributed by atoms with van der Waals surface area (Å²) in [6.45, 7) is 10.1. The topological polar surface area (TPSA) is 66.5 Å². The first-order valence-corrected chi connectivity index (χ1v) is 8.80. The number of anilines is 1. The van der Waals surface area contributed by atoms with Gasteiger partial charge in [0, 0.05) is 39.5 Å². The first kappa shape index (κ1) is 17.6. The van der Waals surface area contributed by atoms with Gasteiger partial charge in [-0.15, -0.1) is 0 Å². The van der Waals surface area contributed by atoms with Gasteiger partial charge in [0.1, 0.15) is 0 Å². The Morgan fingerprint density at radius 1 is 1.16 bits per heavy atom. The lowest BCUT2D eigenvalue weighted by atomic mass is 10.1. The Bertz CT molecular complexity index is 655. The average Bonchev–Trinajstić information content (AvgIpc) is 2.54. The number of benzene rings is 1. The van der Waals surface area contributed by atoms with Gasteiger partial charge in [0.2, 0.25) is 5.96 Å². The number of rotatable bonds is 4. The lowest BCUT2D eigenvalue weighted by Crippen LogP contribution is -2.56. The fourth-order valence-corrected chi connectivity index (χ4v) is 2.94. The van der Waals surface area contributed by atoms with Crippen LogP contribution in [0.25, 0.3) is 0 Å². The fourth-order valence-electron chi connectivity index (χ4n) is 2.94. The van der Waals surface area contributed by atoms with Crippen LogP contribution in [0.2, 0.25) is 0 Å². The summed E-state index contributed by atoms with van der Waals surface area (Å²) < 4.78 is 5.29. The number of hydrogen-bond acceptors (Lipinski definition) is 4. The van der Waals surface area contributed by atoms with E-state index in [2.05, 4.69) is 31.9 Å². The van der Waals surface area contributed by atoms with E-state index in [-0.39, 0.29) is 7.39 Å². The maximum Gasteiger partial charge on any atom is 0.220 e. The molecular formula is C19H29N5O. The Morgan fingerprint density at radius 3 is 2.40 bits per heavy atom. The first-order valence-electron chi connectivity index (χ1n) is 8.80. The van der Waals surface area contributed by atoms with E-state index in [0.29, 0.717) is 6.04 Å². The van der Waals surface area contributed by atoms with Crippen LogP contribution < -0.4 is 10.6 Å². The minimum Gasteiger partial charge on any atom is -0.378 e. The molecule has 0 amide bonds. The third-order valence-corrected chi connectivity index (χ3v) is 4.52. The SMILES string of the molecule is CC(C)=C/C=N/C(N)=Nc1ccc(N2CCN(C3COC3)CC2)cc1.[HH]. The number of nitrogens with zero attached hydrogens (tertiary/aromatic N) is 4. The van der Waals surface area contributed by atoms with E-state index in [0.717, 1.165) is 45.1 Å². The monoisotopic (exact) mass is 343 g/mol. The highest BCUT2D eigenvalue weighted by Crippen LogP contribution is 2.22. The third kappa shape index (κ3) is 4.90. The number of allylic oxidation sites excluding steroid dienone is 2. The summed E-state index contributed by atoms with van der Waals surface area (Å²) in [4.78, 5) is 13.4. The number of hydrogen-bond donors (Lipinski definition) is 1. The van der Waals surface area contributed by atoms with Crippen molar-refractivity contribution in [2.75, 3.05) is 44.3 Å². The van der Waals surface area contributed by atoms with Gasteiger partial charge in [-0.3, -0.25) is 4.90 Å². The predicted octanol–water partition coefficient (Wildman–Crippen LogP) is 2.44. The van der Waals surface area contributed by atoms with Gasteiger partial charge >= 0.3 is 0 Å². The maximum atomic E-state index is 5.83. The van der Waals surface area contributed by atoms with Crippen molar-refractivity contribution in [1.29, 1.82) is 0 Å². The summed E-state index contributed by atoms with van der Waals surface area (Å²) in [6.07, 6.45) is 3.58. The van der Waals surface area contributed by atoms with Gasteiger partial charge in [-0.25, -0.2) is 9.98 Å². The molecule has 0 spiro atoms. The van der Waals surface area contributed by atoms with Crippen LogP contribution in [0.5, 0.6) is 0 Å². The lowest BCUT2D eigenvalue weighted by Gasteiger charge is -2.43. The fraction of sp³-hybridized carbons (Fsp3) is 0.474. The van der Waals surface area contributed by atoms with Crippen molar-refractivity contribution >= 4 is 23.5 Å². The van der Waals surface area contributed by atoms with Crippen LogP contribution in [0.15, 0.2) is 45.9 Å². The molecule has 3 rings (SSSR count). The van der Waals surface area contributed by atoms with Crippen LogP contribution in [0, 0.1) is 0 Å². The molecule has 2 saturated heterocycles. The van der Waals surface area contributed by atoms with Crippen LogP contribution in [-0.4, -0.2) is 62.5 Å². The molecule has 0 bridgehead atoms. The standard InChI is InChI=1S/C19H27N5O.H2/c1-15(2)7-8-21-19(20)22-16-3-5-17(6-4-16)23-9-11-24(12-10-23)18-13-25-14-18;/h3-8,18H,9-14H2,1-2H3,(H2,20,22);1H/b21-8+;. The van der Waals surface area contributed by atoms with Gasteiger partial charge in [-0.2, -0.15) is 0 Å². The van der Waals surface area contributed by atoms with Crippen LogP contribution in [0.4, 0.5) is 11.4 Å². The van der Waals surface area contributed by atoms with Gasteiger partial charge in [0.15, 0.2) is 0 Å². The van der Waals surface area contributed by atoms with Crippen molar-refractivity contribution in [2.24, 2.45) is 15.7 Å². The Kier molecular flexibility index (Phi) is 5.83. The molecule has 6 heteroatoms. The van der Waals surface area contributed by atoms with E-state index in [9.17, 15) is 0 Å². The number of ether oxygens (including phenoxy) is 1. The highest BCUT2D eigenvalue weighted by atomic mass is 16.5. The summed E-state index contributed by atoms with van der Waals surface area (Å²) in [5.74, 6) is 0.265. The summed E-state index contributed by atoms with van der Waals surface area (Å²) in [5.41, 5.74) is 9.06. The second kappa shape index (κ2) is 8.27. The summed E-state index contributed by atoms with van der Waals surface area (Å²) in [7, 11) is 0. The molecule has 2 aliphatic rings. The van der Waals surface area contributed by atoms with E-state index in [1.165, 1.54) is 11.3 Å². The van der Waals surface area contributed by atoms with Crippen LogP contribution >= 0.6 is 0 Å². The molecule has 0 saturated carbocycles. The van der Waals surface area contributed by atoms with Gasteiger partial charge in [-0.05, 0) is 44.2 Å². The minimum absolute atomic E-state index is 0. The Balaban J connectivity index is 0.00000243. The quantitative estimate of drug-likeness (QED) is 0.673. The van der Waals surface area contributed by atoms with Crippen molar-refractivity contribution in [2.45, 2.75) is 19.9 Å². The lowest BCUT2D eigenvalue weighted by molar-refractivity contribution is -0.0660. The zero-order chi connectivity index (χ0) is 17.6. The van der Waals surface area contributed by atoms with Crippen molar-refractivity contribution in [3.63, 3.8) is 0 Å². The van der Waals surface area contributed by atoms with E-state index in [4.69, 9.17) is 10.5 Å². The Morgan fingerprint density at radius 2 is 1.84 bits per heavy atom. The number of nitrogens with two attached hydrogens (primary N) is 1. The van der Waals surface area contributed by atoms with Crippen LogP contribution in [0.3, 0.4) is 0 Å². The average molecular weight is 343 g/mol. The number of piperazine rings is 1. The summed E-state index contributed by atoms with van der Waals surface area (Å²) in [5, 5.41) is 0. The molecule has 6 nitrogen and oxygen atoms in total. The predicted molar refractivity (Wildman–Crippen MR) is 106 cm³/mol. The van der Waals surface area contributed by atoms with Crippen molar-refractivity contribution in [3.8, 4) is 0 Å². The molecule has 2 N–H and O–H groups in total. The second-order valence-electron chi connectivity index (χ2n) is 6.72. The second-order valence-corrected chi connectivity index (χ2v) is 6.72. The van der Waals surface area contributed by atoms with Crippen molar-refractivity contribution < 1.29 is 6.16 Å². The first-order chi connectivity index (χ1) is 12.1. The van der Waals surface area contributed by atoms with E-state index >= 15 is 0 Å². The molecule has 0 aromatic heterocycles. The summed E-state index contributed by atoms with van der Waals surface area (Å²) in [6, 6.07) is 8.83. The zero-order valence-corrected chi connectivity index (χ0v) is 15.1. The molecular weight excluding hydrogens is 314 g/mol. The van der Waals surface area contributed by atoms with Crippen molar-refractivity contribution in [3.05, 3.63) is 35.9 Å². The minimum atomic E-state index is 0. The maximum absolute atomic E-state index is 5.83. The Labute approximate surface area is 151 Å². The molecule has 136 valence electrons. The third-order valence-electron chi connectivity index (χ3n) is 4.52. The van der Waals surface area contributed by atoms with Gasteiger partial charge in [-0.1, -0.05) is 5.57 Å². The molecule has 1 aromatic carbocycles. The largest absolute Gasteiger partial charge is 0.378 e. The molecule has 1 aromatic rings. The zero-order valence-electron chi connectivity index (χ0n) is 15.1. The highest BCUT2D eigenvalue weighted by Gasteiger charge is 2.28. The molecule has 0 unspecified atom stereocenters. The number of aliphatic imine (C=N–C) groups is 2. The Hall–Kier alpha value is -2.18. The number of guanidine groups is 1. The van der Waals surface area contributed by atoms with E-state index in [1.807, 2.05) is 32.1 Å². The molecule has 2 fully saturated rings. The molecule has 0 radical (unpaired) electrons. The normalized spacial score (nSPS) is 19.9. The molecule has 0 atom stereocenters. The van der Waals surface area contributed by atoms with Crippen LogP contribution in [-0.2, 0) is 4.74 Å². The highest BCUT2D eigenvalue weighted by molar-refractivity contribution is 5.91. The van der Waals surface area contributed by atoms with Crippen LogP contribution in [0.1, 0.15) is 15.3 Å². The molecule has 0 aliphatic carbocycles. The van der Waals surface area contributed by atoms with E-state index < -0.39 is 0 Å². The van der Waals surface area contributed by atoms with Gasteiger partial charge < -0.3 is 15.4 Å². The van der Waals surface area contributed by atoms with Gasteiger partial charge in [0.05, 0.1) is 24.9 Å². The molecule has 25 heavy (non-hydrogen) atoms. The molecule has 2 heterocycles. The molecule has 2 aliphatic heterocycles. The smallest absolute Gasteiger partial charge is 0.220 e. The van der Waals surface area contributed by atoms with E-state index in [1.54, 1.807) is 6.21 Å². The van der Waals surface area contributed by atoms with Crippen molar-refractivity contribution in [1.82, 2.24) is 4.90 Å².